The van der Waals surface area contributed by atoms with Crippen LogP contribution in [0.15, 0.2) is 24.3 Å². The fraction of sp³-hybridized carbons (Fsp3) is 0.353. The summed E-state index contributed by atoms with van der Waals surface area (Å²) < 4.78 is 5.28. The van der Waals surface area contributed by atoms with Crippen molar-refractivity contribution in [3.8, 4) is 5.75 Å². The number of carbonyl (C=O) groups excluding carboxylic acids is 1. The monoisotopic (exact) mass is 316 g/mol. The molecular formula is C17H20N2O2S. The molecule has 22 heavy (non-hydrogen) atoms. The quantitative estimate of drug-likeness (QED) is 0.907. The van der Waals surface area contributed by atoms with Gasteiger partial charge in [0.2, 0.25) is 0 Å². The zero-order valence-electron chi connectivity index (χ0n) is 12.8. The van der Waals surface area contributed by atoms with Crippen LogP contribution in [-0.2, 0) is 12.8 Å². The van der Waals surface area contributed by atoms with Crippen LogP contribution in [0.4, 0.5) is 10.7 Å². The zero-order valence-corrected chi connectivity index (χ0v) is 13.6. The van der Waals surface area contributed by atoms with E-state index in [4.69, 9.17) is 10.5 Å². The van der Waals surface area contributed by atoms with E-state index in [-0.39, 0.29) is 5.91 Å². The third-order valence-electron chi connectivity index (χ3n) is 4.12. The molecule has 1 atom stereocenters. The second-order valence-corrected chi connectivity index (χ2v) is 6.88. The highest BCUT2D eigenvalue weighted by Gasteiger charge is 2.26. The smallest absolute Gasteiger partial charge is 0.259 e. The van der Waals surface area contributed by atoms with Crippen molar-refractivity contribution in [2.45, 2.75) is 26.2 Å². The highest BCUT2D eigenvalue weighted by atomic mass is 32.1. The van der Waals surface area contributed by atoms with Crippen LogP contribution in [0.2, 0.25) is 0 Å². The number of hydrogen-bond acceptors (Lipinski definition) is 4. The van der Waals surface area contributed by atoms with Gasteiger partial charge in [0.15, 0.2) is 0 Å². The van der Waals surface area contributed by atoms with E-state index in [2.05, 4.69) is 12.2 Å². The molecule has 1 unspecified atom stereocenters. The minimum atomic E-state index is -0.144. The number of amides is 1. The Morgan fingerprint density at radius 3 is 2.95 bits per heavy atom. The molecule has 0 spiro atoms. The fourth-order valence-corrected chi connectivity index (χ4v) is 4.23. The first-order valence-electron chi connectivity index (χ1n) is 7.44. The highest BCUT2D eigenvalue weighted by Crippen LogP contribution is 2.38. The molecule has 0 aliphatic heterocycles. The van der Waals surface area contributed by atoms with Crippen LogP contribution >= 0.6 is 11.3 Å². The van der Waals surface area contributed by atoms with Gasteiger partial charge in [-0.2, -0.15) is 0 Å². The lowest BCUT2D eigenvalue weighted by Crippen LogP contribution is -2.17. The van der Waals surface area contributed by atoms with E-state index in [1.807, 2.05) is 24.3 Å². The molecule has 1 aromatic carbocycles. The number of benzene rings is 1. The summed E-state index contributed by atoms with van der Waals surface area (Å²) in [5.41, 5.74) is 8.57. The van der Waals surface area contributed by atoms with Gasteiger partial charge in [0.25, 0.3) is 5.91 Å². The number of para-hydroxylation sites is 2. The molecule has 4 nitrogen and oxygen atoms in total. The number of anilines is 2. The second-order valence-electron chi connectivity index (χ2n) is 5.75. The number of hydrogen-bond donors (Lipinski definition) is 2. The zero-order chi connectivity index (χ0) is 15.7. The maximum Gasteiger partial charge on any atom is 0.259 e. The van der Waals surface area contributed by atoms with Gasteiger partial charge < -0.3 is 15.8 Å². The van der Waals surface area contributed by atoms with Gasteiger partial charge in [-0.3, -0.25) is 4.79 Å². The van der Waals surface area contributed by atoms with Gasteiger partial charge in [-0.1, -0.05) is 19.1 Å². The van der Waals surface area contributed by atoms with Crippen molar-refractivity contribution in [1.82, 2.24) is 0 Å². The SMILES string of the molecule is COc1ccccc1NC(=O)c1c(N)sc2c1CCC(C)C2. The van der Waals surface area contributed by atoms with Crippen LogP contribution in [0.3, 0.4) is 0 Å². The van der Waals surface area contributed by atoms with Crippen LogP contribution in [-0.4, -0.2) is 13.0 Å². The number of ether oxygens (including phenoxy) is 1. The Hall–Kier alpha value is -2.01. The Balaban J connectivity index is 1.90. The molecule has 0 saturated heterocycles. The lowest BCUT2D eigenvalue weighted by atomic mass is 9.88. The van der Waals surface area contributed by atoms with Crippen molar-refractivity contribution in [2.75, 3.05) is 18.2 Å². The molecule has 3 rings (SSSR count). The topological polar surface area (TPSA) is 64.3 Å². The Morgan fingerprint density at radius 2 is 2.18 bits per heavy atom. The Kier molecular flexibility index (Phi) is 4.07. The lowest BCUT2D eigenvalue weighted by molar-refractivity contribution is 0.102. The van der Waals surface area contributed by atoms with Gasteiger partial charge in [0.05, 0.1) is 23.4 Å². The van der Waals surface area contributed by atoms with Gasteiger partial charge in [0.1, 0.15) is 5.75 Å². The van der Waals surface area contributed by atoms with E-state index < -0.39 is 0 Å². The lowest BCUT2D eigenvalue weighted by Gasteiger charge is -2.18. The van der Waals surface area contributed by atoms with Crippen LogP contribution in [0, 0.1) is 5.92 Å². The first kappa shape index (κ1) is 14.9. The van der Waals surface area contributed by atoms with E-state index in [0.29, 0.717) is 27.9 Å². The van der Waals surface area contributed by atoms with Crippen molar-refractivity contribution >= 4 is 27.9 Å². The summed E-state index contributed by atoms with van der Waals surface area (Å²) >= 11 is 1.56. The number of nitrogens with one attached hydrogen (secondary N) is 1. The van der Waals surface area contributed by atoms with Crippen molar-refractivity contribution < 1.29 is 9.53 Å². The fourth-order valence-electron chi connectivity index (χ4n) is 2.95. The third-order valence-corrected chi connectivity index (χ3v) is 5.20. The summed E-state index contributed by atoms with van der Waals surface area (Å²) in [6.07, 6.45) is 3.06. The number of methoxy groups -OCH3 is 1. The van der Waals surface area contributed by atoms with Gasteiger partial charge >= 0.3 is 0 Å². The van der Waals surface area contributed by atoms with Crippen LogP contribution in [0.5, 0.6) is 5.75 Å². The molecular weight excluding hydrogens is 296 g/mol. The summed E-state index contributed by atoms with van der Waals surface area (Å²) in [5, 5.41) is 3.55. The van der Waals surface area contributed by atoms with Gasteiger partial charge in [-0.25, -0.2) is 0 Å². The molecule has 0 fully saturated rings. The van der Waals surface area contributed by atoms with E-state index in [1.165, 1.54) is 4.88 Å². The predicted molar refractivity (Wildman–Crippen MR) is 90.9 cm³/mol. The molecule has 1 aromatic heterocycles. The van der Waals surface area contributed by atoms with Gasteiger partial charge in [-0.15, -0.1) is 11.3 Å². The van der Waals surface area contributed by atoms with Gasteiger partial charge in [0, 0.05) is 4.88 Å². The molecule has 1 aliphatic rings. The van der Waals surface area contributed by atoms with Crippen molar-refractivity contribution in [1.29, 1.82) is 0 Å². The molecule has 3 N–H and O–H groups in total. The summed E-state index contributed by atoms with van der Waals surface area (Å²) in [6, 6.07) is 7.39. The number of thiophene rings is 1. The van der Waals surface area contributed by atoms with E-state index in [0.717, 1.165) is 24.8 Å². The molecule has 1 aliphatic carbocycles. The normalized spacial score (nSPS) is 16.9. The Bertz CT molecular complexity index is 709. The first-order valence-corrected chi connectivity index (χ1v) is 8.26. The second kappa shape index (κ2) is 6.01. The molecule has 2 aromatic rings. The minimum absolute atomic E-state index is 0.144. The minimum Gasteiger partial charge on any atom is -0.495 e. The standard InChI is InChI=1S/C17H20N2O2S/c1-10-7-8-11-14(9-10)22-16(18)15(11)17(20)19-12-5-3-4-6-13(12)21-2/h3-6,10H,7-9,18H2,1-2H3,(H,19,20). The van der Waals surface area contributed by atoms with Crippen molar-refractivity contribution in [2.24, 2.45) is 5.92 Å². The summed E-state index contributed by atoms with van der Waals surface area (Å²) in [4.78, 5) is 13.9. The molecule has 5 heteroatoms. The predicted octanol–water partition coefficient (Wildman–Crippen LogP) is 3.72. The summed E-state index contributed by atoms with van der Waals surface area (Å²) in [7, 11) is 1.59. The Morgan fingerprint density at radius 1 is 1.41 bits per heavy atom. The molecule has 0 radical (unpaired) electrons. The largest absolute Gasteiger partial charge is 0.495 e. The van der Waals surface area contributed by atoms with Crippen molar-refractivity contribution in [3.05, 3.63) is 40.3 Å². The molecule has 116 valence electrons. The van der Waals surface area contributed by atoms with Crippen molar-refractivity contribution in [3.63, 3.8) is 0 Å². The first-order chi connectivity index (χ1) is 10.6. The number of carbonyl (C=O) groups is 1. The summed E-state index contributed by atoms with van der Waals surface area (Å²) in [6.45, 7) is 2.24. The average molecular weight is 316 g/mol. The van der Waals surface area contributed by atoms with Gasteiger partial charge in [-0.05, 0) is 42.9 Å². The van der Waals surface area contributed by atoms with Crippen LogP contribution in [0.25, 0.3) is 0 Å². The highest BCUT2D eigenvalue weighted by molar-refractivity contribution is 7.16. The van der Waals surface area contributed by atoms with Crippen LogP contribution < -0.4 is 15.8 Å². The molecule has 1 amide bonds. The summed E-state index contributed by atoms with van der Waals surface area (Å²) in [5.74, 6) is 1.16. The molecule has 0 bridgehead atoms. The Labute approximate surface area is 134 Å². The molecule has 1 heterocycles. The number of rotatable bonds is 3. The maximum atomic E-state index is 12.7. The number of nitrogens with two attached hydrogens (primary N) is 1. The average Bonchev–Trinajstić information content (AvgIpc) is 2.82. The van der Waals surface area contributed by atoms with E-state index in [9.17, 15) is 4.79 Å². The van der Waals surface area contributed by atoms with Crippen LogP contribution in [0.1, 0.15) is 34.1 Å². The number of nitrogen functional groups attached to an aromatic ring is 1. The maximum absolute atomic E-state index is 12.7. The van der Waals surface area contributed by atoms with E-state index in [1.54, 1.807) is 18.4 Å². The number of fused-ring (bicyclic) bond motifs is 1. The third kappa shape index (κ3) is 2.68. The molecule has 0 saturated carbocycles. The van der Waals surface area contributed by atoms with E-state index >= 15 is 0 Å².